The number of carboxylic acid groups (broad SMARTS) is 1. The standard InChI is InChI=1S/C14H15N3O2/c1-9-8-10(2)16-14(15-9)17-12(13(18)19)11-6-4-3-5-7-11/h3-8,12H,1-2H3,(H,18,19)(H,15,16,17)/p-1/t12-/m1/s1. The van der Waals surface area contributed by atoms with Crippen LogP contribution in [-0.4, -0.2) is 15.9 Å². The van der Waals surface area contributed by atoms with Crippen molar-refractivity contribution in [2.75, 3.05) is 5.32 Å². The summed E-state index contributed by atoms with van der Waals surface area (Å²) in [6, 6.07) is 9.66. The lowest BCUT2D eigenvalue weighted by Gasteiger charge is -2.20. The van der Waals surface area contributed by atoms with Gasteiger partial charge in [-0.05, 0) is 25.5 Å². The maximum Gasteiger partial charge on any atom is 0.223 e. The zero-order valence-corrected chi connectivity index (χ0v) is 10.8. The van der Waals surface area contributed by atoms with E-state index in [4.69, 9.17) is 0 Å². The zero-order chi connectivity index (χ0) is 13.8. The van der Waals surface area contributed by atoms with Gasteiger partial charge in [-0.15, -0.1) is 0 Å². The van der Waals surface area contributed by atoms with Crippen LogP contribution in [0.4, 0.5) is 5.95 Å². The molecule has 0 amide bonds. The van der Waals surface area contributed by atoms with Crippen LogP contribution >= 0.6 is 0 Å². The number of aliphatic carboxylic acids is 1. The minimum absolute atomic E-state index is 0.288. The second-order valence-corrected chi connectivity index (χ2v) is 4.28. The van der Waals surface area contributed by atoms with Crippen molar-refractivity contribution >= 4 is 11.9 Å². The number of rotatable bonds is 4. The van der Waals surface area contributed by atoms with E-state index in [0.717, 1.165) is 11.4 Å². The fourth-order valence-corrected chi connectivity index (χ4v) is 1.84. The number of nitrogens with zero attached hydrogens (tertiary/aromatic N) is 2. The lowest BCUT2D eigenvalue weighted by molar-refractivity contribution is -0.307. The van der Waals surface area contributed by atoms with E-state index in [2.05, 4.69) is 15.3 Å². The smallest absolute Gasteiger partial charge is 0.223 e. The van der Waals surface area contributed by atoms with E-state index in [1.807, 2.05) is 26.0 Å². The Bertz CT molecular complexity index is 564. The van der Waals surface area contributed by atoms with Gasteiger partial charge < -0.3 is 15.2 Å². The van der Waals surface area contributed by atoms with Crippen molar-refractivity contribution in [3.63, 3.8) is 0 Å². The number of aromatic nitrogens is 2. The average Bonchev–Trinajstić information content (AvgIpc) is 2.35. The number of aryl methyl sites for hydroxylation is 2. The molecule has 1 N–H and O–H groups in total. The van der Waals surface area contributed by atoms with Crippen LogP contribution in [0.3, 0.4) is 0 Å². The van der Waals surface area contributed by atoms with Crippen LogP contribution in [0.15, 0.2) is 36.4 Å². The number of anilines is 1. The van der Waals surface area contributed by atoms with Gasteiger partial charge in [0.1, 0.15) is 0 Å². The molecular formula is C14H14N3O2-. The summed E-state index contributed by atoms with van der Waals surface area (Å²) in [5.41, 5.74) is 2.16. The van der Waals surface area contributed by atoms with Gasteiger partial charge in [0.25, 0.3) is 0 Å². The minimum Gasteiger partial charge on any atom is -0.548 e. The number of carbonyl (C=O) groups excluding carboxylic acids is 1. The van der Waals surface area contributed by atoms with Gasteiger partial charge >= 0.3 is 0 Å². The van der Waals surface area contributed by atoms with Crippen molar-refractivity contribution in [1.29, 1.82) is 0 Å². The number of hydrogen-bond acceptors (Lipinski definition) is 5. The van der Waals surface area contributed by atoms with Crippen molar-refractivity contribution < 1.29 is 9.90 Å². The molecule has 0 aliphatic rings. The molecular weight excluding hydrogens is 242 g/mol. The first-order valence-corrected chi connectivity index (χ1v) is 5.91. The molecule has 98 valence electrons. The third kappa shape index (κ3) is 3.28. The third-order valence-corrected chi connectivity index (χ3v) is 2.62. The first-order valence-electron chi connectivity index (χ1n) is 5.91. The molecule has 2 aromatic rings. The predicted octanol–water partition coefficient (Wildman–Crippen LogP) is 0.997. The summed E-state index contributed by atoms with van der Waals surface area (Å²) in [6.45, 7) is 3.66. The Morgan fingerprint density at radius 1 is 1.16 bits per heavy atom. The third-order valence-electron chi connectivity index (χ3n) is 2.62. The molecule has 1 aromatic carbocycles. The van der Waals surface area contributed by atoms with Gasteiger partial charge in [0, 0.05) is 11.4 Å². The Hall–Kier alpha value is -2.43. The van der Waals surface area contributed by atoms with Crippen LogP contribution in [0.2, 0.25) is 0 Å². The maximum atomic E-state index is 11.2. The Kier molecular flexibility index (Phi) is 3.75. The summed E-state index contributed by atoms with van der Waals surface area (Å²) in [6.07, 6.45) is 0. The Morgan fingerprint density at radius 2 is 1.74 bits per heavy atom. The number of hydrogen-bond donors (Lipinski definition) is 1. The molecule has 0 radical (unpaired) electrons. The molecule has 2 rings (SSSR count). The fourth-order valence-electron chi connectivity index (χ4n) is 1.84. The first kappa shape index (κ1) is 13.0. The molecule has 0 unspecified atom stereocenters. The van der Waals surface area contributed by atoms with Crippen molar-refractivity contribution in [3.05, 3.63) is 53.3 Å². The van der Waals surface area contributed by atoms with E-state index in [1.54, 1.807) is 24.3 Å². The van der Waals surface area contributed by atoms with E-state index in [0.29, 0.717) is 5.56 Å². The normalized spacial score (nSPS) is 11.9. The van der Waals surface area contributed by atoms with E-state index >= 15 is 0 Å². The van der Waals surface area contributed by atoms with Crippen LogP contribution in [0.5, 0.6) is 0 Å². The molecule has 0 fully saturated rings. The summed E-state index contributed by atoms with van der Waals surface area (Å²) in [4.78, 5) is 19.6. The number of nitrogens with one attached hydrogen (secondary N) is 1. The van der Waals surface area contributed by atoms with Crippen LogP contribution < -0.4 is 10.4 Å². The van der Waals surface area contributed by atoms with Gasteiger partial charge in [-0.25, -0.2) is 9.97 Å². The van der Waals surface area contributed by atoms with Gasteiger partial charge in [-0.3, -0.25) is 0 Å². The minimum atomic E-state index is -1.21. The zero-order valence-electron chi connectivity index (χ0n) is 10.8. The molecule has 0 saturated heterocycles. The molecule has 0 spiro atoms. The van der Waals surface area contributed by atoms with Gasteiger partial charge in [0.15, 0.2) is 0 Å². The molecule has 5 heteroatoms. The number of carbonyl (C=O) groups is 1. The topological polar surface area (TPSA) is 77.9 Å². The second kappa shape index (κ2) is 5.48. The molecule has 1 atom stereocenters. The molecule has 0 aliphatic heterocycles. The largest absolute Gasteiger partial charge is 0.548 e. The van der Waals surface area contributed by atoms with E-state index in [9.17, 15) is 9.90 Å². The second-order valence-electron chi connectivity index (χ2n) is 4.28. The highest BCUT2D eigenvalue weighted by molar-refractivity contribution is 5.76. The van der Waals surface area contributed by atoms with Crippen molar-refractivity contribution in [3.8, 4) is 0 Å². The van der Waals surface area contributed by atoms with Gasteiger partial charge in [-0.1, -0.05) is 30.3 Å². The Labute approximate surface area is 111 Å². The van der Waals surface area contributed by atoms with E-state index in [1.165, 1.54) is 0 Å². The summed E-state index contributed by atoms with van der Waals surface area (Å²) in [5, 5.41) is 14.0. The highest BCUT2D eigenvalue weighted by Gasteiger charge is 2.13. The van der Waals surface area contributed by atoms with Crippen LogP contribution in [0.25, 0.3) is 0 Å². The monoisotopic (exact) mass is 256 g/mol. The van der Waals surface area contributed by atoms with Crippen molar-refractivity contribution in [2.45, 2.75) is 19.9 Å². The van der Waals surface area contributed by atoms with Crippen LogP contribution in [0, 0.1) is 13.8 Å². The molecule has 0 bridgehead atoms. The van der Waals surface area contributed by atoms with E-state index < -0.39 is 12.0 Å². The molecule has 1 heterocycles. The van der Waals surface area contributed by atoms with Crippen LogP contribution in [0.1, 0.15) is 23.0 Å². The predicted molar refractivity (Wildman–Crippen MR) is 69.3 cm³/mol. The fraction of sp³-hybridized carbons (Fsp3) is 0.214. The van der Waals surface area contributed by atoms with Crippen molar-refractivity contribution in [2.24, 2.45) is 0 Å². The lowest BCUT2D eigenvalue weighted by atomic mass is 10.1. The molecule has 19 heavy (non-hydrogen) atoms. The van der Waals surface area contributed by atoms with Gasteiger partial charge in [-0.2, -0.15) is 0 Å². The summed E-state index contributed by atoms with van der Waals surface area (Å²) < 4.78 is 0. The first-order chi connectivity index (χ1) is 9.06. The van der Waals surface area contributed by atoms with Crippen molar-refractivity contribution in [1.82, 2.24) is 9.97 Å². The quantitative estimate of drug-likeness (QED) is 0.882. The maximum absolute atomic E-state index is 11.2. The van der Waals surface area contributed by atoms with E-state index in [-0.39, 0.29) is 5.95 Å². The average molecular weight is 256 g/mol. The number of benzene rings is 1. The molecule has 0 saturated carbocycles. The highest BCUT2D eigenvalue weighted by Crippen LogP contribution is 2.17. The molecule has 0 aliphatic carbocycles. The molecule has 1 aromatic heterocycles. The summed E-state index contributed by atoms with van der Waals surface area (Å²) in [5.74, 6) is -0.926. The Balaban J connectivity index is 2.29. The highest BCUT2D eigenvalue weighted by atomic mass is 16.4. The molecule has 5 nitrogen and oxygen atoms in total. The van der Waals surface area contributed by atoms with Gasteiger partial charge in [0.05, 0.1) is 12.0 Å². The summed E-state index contributed by atoms with van der Waals surface area (Å²) >= 11 is 0. The number of carboxylic acids is 1. The summed E-state index contributed by atoms with van der Waals surface area (Å²) in [7, 11) is 0. The van der Waals surface area contributed by atoms with Crippen LogP contribution in [-0.2, 0) is 4.79 Å². The lowest BCUT2D eigenvalue weighted by Crippen LogP contribution is -2.34. The van der Waals surface area contributed by atoms with Gasteiger partial charge in [0.2, 0.25) is 5.95 Å². The Morgan fingerprint density at radius 3 is 2.26 bits per heavy atom. The SMILES string of the molecule is Cc1cc(C)nc(N[C@@H](C(=O)[O-])c2ccccc2)n1.